The Labute approximate surface area is 170 Å². The van der Waals surface area contributed by atoms with E-state index in [-0.39, 0.29) is 6.54 Å². The molecule has 2 N–H and O–H groups in total. The van der Waals surface area contributed by atoms with Gasteiger partial charge in [0.2, 0.25) is 0 Å². The van der Waals surface area contributed by atoms with E-state index in [1.807, 2.05) is 18.2 Å². The minimum Gasteiger partial charge on any atom is -0.344 e. The molecule has 0 fully saturated rings. The number of carbonyl (C=O) groups is 2. The average molecular weight is 414 g/mol. The van der Waals surface area contributed by atoms with Crippen LogP contribution < -0.4 is 10.6 Å². The Morgan fingerprint density at radius 3 is 2.71 bits per heavy atom. The van der Waals surface area contributed by atoms with Crippen LogP contribution in [0.3, 0.4) is 0 Å². The maximum Gasteiger partial charge on any atom is 0.314 e. The number of thioether (sulfide) groups is 1. The van der Waals surface area contributed by atoms with E-state index < -0.39 is 11.8 Å². The molecule has 1 aliphatic heterocycles. The topological polar surface area (TPSA) is 88.9 Å². The quantitative estimate of drug-likeness (QED) is 0.642. The molecular formula is C19H16ClN5O2S. The lowest BCUT2D eigenvalue weighted by molar-refractivity contribution is -0.136. The Morgan fingerprint density at radius 1 is 1.14 bits per heavy atom. The van der Waals surface area contributed by atoms with Crippen LogP contribution in [0, 0.1) is 0 Å². The van der Waals surface area contributed by atoms with Gasteiger partial charge in [0.15, 0.2) is 0 Å². The summed E-state index contributed by atoms with van der Waals surface area (Å²) in [5, 5.41) is 10.5. The molecule has 0 atom stereocenters. The summed E-state index contributed by atoms with van der Waals surface area (Å²) < 4.78 is 1.65. The van der Waals surface area contributed by atoms with Crippen molar-refractivity contribution >= 4 is 41.0 Å². The summed E-state index contributed by atoms with van der Waals surface area (Å²) in [6.45, 7) is 0.227. The standard InChI is InChI=1S/C19H16ClN5O2S/c20-13-3-5-14(6-4-13)25-17(15-10-28-11-16(15)24-25)23-19(27)18(26)22-9-12-2-1-7-21-8-12/h1-8H,9-11H2,(H,22,26)(H,23,27). The fourth-order valence-corrected chi connectivity index (χ4v) is 4.00. The fraction of sp³-hybridized carbons (Fsp3) is 0.158. The number of rotatable bonds is 4. The third-order valence-corrected chi connectivity index (χ3v) is 5.46. The Kier molecular flexibility index (Phi) is 5.31. The molecule has 0 bridgehead atoms. The van der Waals surface area contributed by atoms with Gasteiger partial charge in [-0.15, -0.1) is 0 Å². The lowest BCUT2D eigenvalue weighted by Crippen LogP contribution is -2.35. The predicted octanol–water partition coefficient (Wildman–Crippen LogP) is 2.92. The van der Waals surface area contributed by atoms with Gasteiger partial charge >= 0.3 is 11.8 Å². The number of fused-ring (bicyclic) bond motifs is 1. The summed E-state index contributed by atoms with van der Waals surface area (Å²) in [6.07, 6.45) is 3.28. The van der Waals surface area contributed by atoms with Gasteiger partial charge in [0.05, 0.1) is 11.4 Å². The van der Waals surface area contributed by atoms with Gasteiger partial charge in [-0.2, -0.15) is 16.9 Å². The molecule has 9 heteroatoms. The molecule has 0 saturated heterocycles. The van der Waals surface area contributed by atoms with E-state index in [0.29, 0.717) is 10.8 Å². The highest BCUT2D eigenvalue weighted by molar-refractivity contribution is 7.98. The van der Waals surface area contributed by atoms with Gasteiger partial charge in [0, 0.05) is 41.0 Å². The second-order valence-electron chi connectivity index (χ2n) is 6.15. The van der Waals surface area contributed by atoms with Crippen LogP contribution in [0.1, 0.15) is 16.8 Å². The van der Waals surface area contributed by atoms with Crippen molar-refractivity contribution in [1.82, 2.24) is 20.1 Å². The summed E-state index contributed by atoms with van der Waals surface area (Å²) in [5.41, 5.74) is 3.42. The Morgan fingerprint density at radius 2 is 1.96 bits per heavy atom. The van der Waals surface area contributed by atoms with Gasteiger partial charge in [-0.3, -0.25) is 14.6 Å². The van der Waals surface area contributed by atoms with Gasteiger partial charge in [0.1, 0.15) is 5.82 Å². The SMILES string of the molecule is O=C(NCc1cccnc1)C(=O)Nc1c2c(nn1-c1ccc(Cl)cc1)CSC2. The zero-order chi connectivity index (χ0) is 19.5. The molecule has 0 aliphatic carbocycles. The number of nitrogens with zero attached hydrogens (tertiary/aromatic N) is 3. The molecule has 4 rings (SSSR count). The van der Waals surface area contributed by atoms with Gasteiger partial charge in [0.25, 0.3) is 0 Å². The van der Waals surface area contributed by atoms with E-state index in [9.17, 15) is 9.59 Å². The van der Waals surface area contributed by atoms with Crippen LogP contribution in [0.2, 0.25) is 5.02 Å². The number of amides is 2. The van der Waals surface area contributed by atoms with E-state index in [0.717, 1.165) is 34.0 Å². The number of hydrogen-bond acceptors (Lipinski definition) is 5. The van der Waals surface area contributed by atoms with Crippen LogP contribution in [0.4, 0.5) is 5.82 Å². The van der Waals surface area contributed by atoms with Crippen molar-refractivity contribution in [3.05, 3.63) is 70.6 Å². The van der Waals surface area contributed by atoms with Crippen molar-refractivity contribution in [3.8, 4) is 5.69 Å². The lowest BCUT2D eigenvalue weighted by atomic mass is 10.2. The first-order valence-corrected chi connectivity index (χ1v) is 10.1. The molecule has 0 radical (unpaired) electrons. The van der Waals surface area contributed by atoms with Crippen molar-refractivity contribution in [2.24, 2.45) is 0 Å². The predicted molar refractivity (Wildman–Crippen MR) is 108 cm³/mol. The third kappa shape index (κ3) is 3.88. The summed E-state index contributed by atoms with van der Waals surface area (Å²) >= 11 is 7.68. The molecule has 0 spiro atoms. The van der Waals surface area contributed by atoms with Crippen molar-refractivity contribution in [2.45, 2.75) is 18.1 Å². The normalized spacial score (nSPS) is 12.5. The summed E-state index contributed by atoms with van der Waals surface area (Å²) in [7, 11) is 0. The molecule has 2 aromatic heterocycles. The summed E-state index contributed by atoms with van der Waals surface area (Å²) in [6, 6.07) is 10.7. The molecule has 0 saturated carbocycles. The number of halogens is 1. The highest BCUT2D eigenvalue weighted by Gasteiger charge is 2.26. The minimum absolute atomic E-state index is 0.227. The number of nitrogens with one attached hydrogen (secondary N) is 2. The second kappa shape index (κ2) is 8.04. The second-order valence-corrected chi connectivity index (χ2v) is 7.57. The van der Waals surface area contributed by atoms with Crippen molar-refractivity contribution in [3.63, 3.8) is 0 Å². The first-order chi connectivity index (χ1) is 13.6. The smallest absolute Gasteiger partial charge is 0.314 e. The van der Waals surface area contributed by atoms with Gasteiger partial charge in [-0.05, 0) is 35.9 Å². The lowest BCUT2D eigenvalue weighted by Gasteiger charge is -2.11. The number of carbonyl (C=O) groups excluding carboxylic acids is 2. The van der Waals surface area contributed by atoms with Crippen molar-refractivity contribution in [2.75, 3.05) is 5.32 Å². The Balaban J connectivity index is 1.53. The van der Waals surface area contributed by atoms with Crippen LogP contribution in [0.15, 0.2) is 48.8 Å². The largest absolute Gasteiger partial charge is 0.344 e. The molecule has 1 aliphatic rings. The molecule has 3 heterocycles. The molecule has 0 unspecified atom stereocenters. The molecule has 7 nitrogen and oxygen atoms in total. The zero-order valence-corrected chi connectivity index (χ0v) is 16.3. The molecule has 3 aromatic rings. The number of anilines is 1. The monoisotopic (exact) mass is 413 g/mol. The Bertz CT molecular complexity index is 1020. The van der Waals surface area contributed by atoms with Crippen LogP contribution in [-0.4, -0.2) is 26.6 Å². The summed E-state index contributed by atoms with van der Waals surface area (Å²) in [4.78, 5) is 28.7. The molecular weight excluding hydrogens is 398 g/mol. The van der Waals surface area contributed by atoms with Crippen LogP contribution in [-0.2, 0) is 27.6 Å². The van der Waals surface area contributed by atoms with Gasteiger partial charge in [-0.1, -0.05) is 17.7 Å². The molecule has 2 amide bonds. The van der Waals surface area contributed by atoms with E-state index in [1.165, 1.54) is 0 Å². The Hall–Kier alpha value is -2.84. The molecule has 142 valence electrons. The summed E-state index contributed by atoms with van der Waals surface area (Å²) in [5.74, 6) is 0.566. The van der Waals surface area contributed by atoms with E-state index in [1.54, 1.807) is 47.0 Å². The fourth-order valence-electron chi connectivity index (χ4n) is 2.84. The van der Waals surface area contributed by atoms with Crippen LogP contribution in [0.5, 0.6) is 0 Å². The third-order valence-electron chi connectivity index (χ3n) is 4.24. The zero-order valence-electron chi connectivity index (χ0n) is 14.7. The van der Waals surface area contributed by atoms with Gasteiger partial charge < -0.3 is 10.6 Å². The average Bonchev–Trinajstić information content (AvgIpc) is 3.30. The minimum atomic E-state index is -0.737. The highest BCUT2D eigenvalue weighted by atomic mass is 35.5. The van der Waals surface area contributed by atoms with Gasteiger partial charge in [-0.25, -0.2) is 4.68 Å². The number of hydrogen-bond donors (Lipinski definition) is 2. The first kappa shape index (κ1) is 18.5. The maximum atomic E-state index is 12.5. The maximum absolute atomic E-state index is 12.5. The van der Waals surface area contributed by atoms with Crippen LogP contribution >= 0.6 is 23.4 Å². The molecule has 1 aromatic carbocycles. The van der Waals surface area contributed by atoms with E-state index >= 15 is 0 Å². The number of pyridine rings is 1. The van der Waals surface area contributed by atoms with Crippen molar-refractivity contribution < 1.29 is 9.59 Å². The molecule has 28 heavy (non-hydrogen) atoms. The highest BCUT2D eigenvalue weighted by Crippen LogP contribution is 2.36. The van der Waals surface area contributed by atoms with Crippen LogP contribution in [0.25, 0.3) is 5.69 Å². The van der Waals surface area contributed by atoms with E-state index in [2.05, 4.69) is 20.7 Å². The first-order valence-electron chi connectivity index (χ1n) is 8.54. The number of aromatic nitrogens is 3. The van der Waals surface area contributed by atoms with Crippen molar-refractivity contribution in [1.29, 1.82) is 0 Å². The van der Waals surface area contributed by atoms with E-state index in [4.69, 9.17) is 11.6 Å². The number of benzene rings is 1.